The Bertz CT molecular complexity index is 727. The predicted octanol–water partition coefficient (Wildman–Crippen LogP) is 2.17. The average molecular weight is 340 g/mol. The van der Waals surface area contributed by atoms with Crippen molar-refractivity contribution in [2.45, 2.75) is 6.92 Å². The van der Waals surface area contributed by atoms with Gasteiger partial charge in [0.2, 0.25) is 0 Å². The normalized spacial score (nSPS) is 14.3. The summed E-state index contributed by atoms with van der Waals surface area (Å²) >= 11 is 0. The average Bonchev–Trinajstić information content (AvgIpc) is 2.68. The standard InChI is InChI=1S/C19H24N4O2/c1-3-25-17-9-5-4-8-16(17)22-11-13-23(14-12-22)18-15(19(24)20-2)7-6-10-21-18/h4-10H,3,11-14H2,1-2H3,(H,20,24). The number of hydrogen-bond donors (Lipinski definition) is 1. The van der Waals surface area contributed by atoms with Crippen molar-refractivity contribution in [3.05, 3.63) is 48.2 Å². The quantitative estimate of drug-likeness (QED) is 0.904. The maximum atomic E-state index is 12.1. The minimum Gasteiger partial charge on any atom is -0.492 e. The van der Waals surface area contributed by atoms with Crippen LogP contribution >= 0.6 is 0 Å². The predicted molar refractivity (Wildman–Crippen MR) is 99.7 cm³/mol. The van der Waals surface area contributed by atoms with Crippen LogP contribution in [-0.2, 0) is 0 Å². The van der Waals surface area contributed by atoms with Gasteiger partial charge in [-0.05, 0) is 31.2 Å². The summed E-state index contributed by atoms with van der Waals surface area (Å²) in [5.41, 5.74) is 1.74. The third-order valence-corrected chi connectivity index (χ3v) is 4.34. The first-order valence-electron chi connectivity index (χ1n) is 8.63. The molecule has 2 aromatic rings. The summed E-state index contributed by atoms with van der Waals surface area (Å²) in [4.78, 5) is 21.0. The van der Waals surface area contributed by atoms with E-state index in [4.69, 9.17) is 4.74 Å². The van der Waals surface area contributed by atoms with Gasteiger partial charge < -0.3 is 19.9 Å². The fourth-order valence-corrected chi connectivity index (χ4v) is 3.12. The van der Waals surface area contributed by atoms with Crippen molar-refractivity contribution >= 4 is 17.4 Å². The number of nitrogens with one attached hydrogen (secondary N) is 1. The van der Waals surface area contributed by atoms with Crippen molar-refractivity contribution in [2.24, 2.45) is 0 Å². The van der Waals surface area contributed by atoms with E-state index in [0.717, 1.165) is 43.4 Å². The van der Waals surface area contributed by atoms with Gasteiger partial charge in [-0.3, -0.25) is 4.79 Å². The van der Waals surface area contributed by atoms with E-state index >= 15 is 0 Å². The van der Waals surface area contributed by atoms with E-state index < -0.39 is 0 Å². The van der Waals surface area contributed by atoms with E-state index in [2.05, 4.69) is 26.2 Å². The van der Waals surface area contributed by atoms with Gasteiger partial charge in [0.05, 0.1) is 17.9 Å². The second-order valence-electron chi connectivity index (χ2n) is 5.83. The first-order valence-corrected chi connectivity index (χ1v) is 8.63. The van der Waals surface area contributed by atoms with Gasteiger partial charge in [-0.25, -0.2) is 4.98 Å². The Morgan fingerprint density at radius 1 is 1.12 bits per heavy atom. The summed E-state index contributed by atoms with van der Waals surface area (Å²) in [7, 11) is 1.64. The highest BCUT2D eigenvalue weighted by Crippen LogP contribution is 2.29. The van der Waals surface area contributed by atoms with E-state index in [0.29, 0.717) is 12.2 Å². The fourth-order valence-electron chi connectivity index (χ4n) is 3.12. The van der Waals surface area contributed by atoms with Crippen LogP contribution in [0.1, 0.15) is 17.3 Å². The first-order chi connectivity index (χ1) is 12.2. The van der Waals surface area contributed by atoms with Gasteiger partial charge in [-0.15, -0.1) is 0 Å². The van der Waals surface area contributed by atoms with E-state index in [-0.39, 0.29) is 5.91 Å². The topological polar surface area (TPSA) is 57.7 Å². The third kappa shape index (κ3) is 3.68. The minimum absolute atomic E-state index is 0.104. The molecule has 1 aliphatic rings. The maximum absolute atomic E-state index is 12.1. The Kier molecular flexibility index (Phi) is 5.38. The maximum Gasteiger partial charge on any atom is 0.254 e. The molecule has 25 heavy (non-hydrogen) atoms. The van der Waals surface area contributed by atoms with E-state index in [1.54, 1.807) is 19.3 Å². The number of carbonyl (C=O) groups excluding carboxylic acids is 1. The summed E-state index contributed by atoms with van der Waals surface area (Å²) in [6.07, 6.45) is 1.73. The number of carbonyl (C=O) groups is 1. The molecule has 1 amide bonds. The summed E-state index contributed by atoms with van der Waals surface area (Å²) < 4.78 is 5.75. The lowest BCUT2D eigenvalue weighted by atomic mass is 10.2. The van der Waals surface area contributed by atoms with Crippen molar-refractivity contribution in [1.82, 2.24) is 10.3 Å². The molecule has 0 saturated carbocycles. The molecule has 1 aromatic heterocycles. The lowest BCUT2D eigenvalue weighted by molar-refractivity contribution is 0.0963. The molecule has 0 aliphatic carbocycles. The number of benzene rings is 1. The molecule has 0 spiro atoms. The van der Waals surface area contributed by atoms with Gasteiger partial charge in [-0.2, -0.15) is 0 Å². The monoisotopic (exact) mass is 340 g/mol. The molecule has 2 heterocycles. The molecule has 1 aliphatic heterocycles. The molecule has 0 atom stereocenters. The van der Waals surface area contributed by atoms with Gasteiger partial charge in [0.1, 0.15) is 11.6 Å². The van der Waals surface area contributed by atoms with Gasteiger partial charge >= 0.3 is 0 Å². The highest BCUT2D eigenvalue weighted by Gasteiger charge is 2.23. The highest BCUT2D eigenvalue weighted by atomic mass is 16.5. The number of ether oxygens (including phenoxy) is 1. The number of nitrogens with zero attached hydrogens (tertiary/aromatic N) is 3. The number of amides is 1. The number of rotatable bonds is 5. The van der Waals surface area contributed by atoms with Gasteiger partial charge in [0.15, 0.2) is 0 Å². The third-order valence-electron chi connectivity index (χ3n) is 4.34. The number of anilines is 2. The zero-order chi connectivity index (χ0) is 17.6. The molecular weight excluding hydrogens is 316 g/mol. The Hall–Kier alpha value is -2.76. The zero-order valence-electron chi connectivity index (χ0n) is 14.7. The van der Waals surface area contributed by atoms with Crippen LogP contribution in [0.3, 0.4) is 0 Å². The van der Waals surface area contributed by atoms with Crippen molar-refractivity contribution < 1.29 is 9.53 Å². The van der Waals surface area contributed by atoms with Crippen molar-refractivity contribution in [3.8, 4) is 5.75 Å². The molecule has 132 valence electrons. The Balaban J connectivity index is 1.74. The Labute approximate surface area is 148 Å². The second-order valence-corrected chi connectivity index (χ2v) is 5.83. The second kappa shape index (κ2) is 7.88. The summed E-state index contributed by atoms with van der Waals surface area (Å²) in [6.45, 7) is 5.97. The van der Waals surface area contributed by atoms with E-state index in [1.165, 1.54) is 0 Å². The van der Waals surface area contributed by atoms with Crippen molar-refractivity contribution in [2.75, 3.05) is 49.6 Å². The molecule has 3 rings (SSSR count). The lowest BCUT2D eigenvalue weighted by Crippen LogP contribution is -2.47. The molecule has 0 unspecified atom stereocenters. The minimum atomic E-state index is -0.104. The Morgan fingerprint density at radius 3 is 2.56 bits per heavy atom. The number of aromatic nitrogens is 1. The number of pyridine rings is 1. The largest absolute Gasteiger partial charge is 0.492 e. The SMILES string of the molecule is CCOc1ccccc1N1CCN(c2ncccc2C(=O)NC)CC1. The van der Waals surface area contributed by atoms with E-state index in [9.17, 15) is 4.79 Å². The summed E-state index contributed by atoms with van der Waals surface area (Å²) in [5.74, 6) is 1.56. The van der Waals surface area contributed by atoms with Crippen molar-refractivity contribution in [1.29, 1.82) is 0 Å². The van der Waals surface area contributed by atoms with Crippen LogP contribution in [-0.4, -0.2) is 50.7 Å². The zero-order valence-corrected chi connectivity index (χ0v) is 14.7. The Morgan fingerprint density at radius 2 is 1.84 bits per heavy atom. The molecule has 1 N–H and O–H groups in total. The van der Waals surface area contributed by atoms with Gasteiger partial charge in [-0.1, -0.05) is 12.1 Å². The molecule has 0 bridgehead atoms. The molecule has 6 nitrogen and oxygen atoms in total. The molecule has 1 fully saturated rings. The van der Waals surface area contributed by atoms with Crippen LogP contribution in [0.15, 0.2) is 42.6 Å². The molecule has 0 radical (unpaired) electrons. The molecule has 1 aromatic carbocycles. The van der Waals surface area contributed by atoms with Gasteiger partial charge in [0.25, 0.3) is 5.91 Å². The van der Waals surface area contributed by atoms with Crippen molar-refractivity contribution in [3.63, 3.8) is 0 Å². The van der Waals surface area contributed by atoms with Crippen LogP contribution in [0.4, 0.5) is 11.5 Å². The van der Waals surface area contributed by atoms with Crippen LogP contribution < -0.4 is 19.9 Å². The van der Waals surface area contributed by atoms with E-state index in [1.807, 2.05) is 31.2 Å². The van der Waals surface area contributed by atoms with Crippen LogP contribution in [0.25, 0.3) is 0 Å². The lowest BCUT2D eigenvalue weighted by Gasteiger charge is -2.37. The molecule has 1 saturated heterocycles. The molecule has 6 heteroatoms. The molecular formula is C19H24N4O2. The van der Waals surface area contributed by atoms with Gasteiger partial charge in [0, 0.05) is 39.4 Å². The van der Waals surface area contributed by atoms with Crippen LogP contribution in [0, 0.1) is 0 Å². The highest BCUT2D eigenvalue weighted by molar-refractivity contribution is 5.98. The number of piperazine rings is 1. The van der Waals surface area contributed by atoms with Crippen LogP contribution in [0.5, 0.6) is 5.75 Å². The summed E-state index contributed by atoms with van der Waals surface area (Å²) in [5, 5.41) is 2.68. The smallest absolute Gasteiger partial charge is 0.254 e. The summed E-state index contributed by atoms with van der Waals surface area (Å²) in [6, 6.07) is 11.7. The first kappa shape index (κ1) is 17.1. The van der Waals surface area contributed by atoms with Crippen LogP contribution in [0.2, 0.25) is 0 Å². The number of para-hydroxylation sites is 2. The fraction of sp³-hybridized carbons (Fsp3) is 0.368. The number of hydrogen-bond acceptors (Lipinski definition) is 5.